The van der Waals surface area contributed by atoms with Crippen LogP contribution in [0.15, 0.2) is 164 Å². The highest BCUT2D eigenvalue weighted by molar-refractivity contribution is 7.26. The lowest BCUT2D eigenvalue weighted by Crippen LogP contribution is -1.99. The summed E-state index contributed by atoms with van der Waals surface area (Å²) in [5.74, 6) is 0.863. The minimum absolute atomic E-state index is 0.630. The highest BCUT2D eigenvalue weighted by Crippen LogP contribution is 2.45. The van der Waals surface area contributed by atoms with E-state index in [9.17, 15) is 5.26 Å². The van der Waals surface area contributed by atoms with Crippen molar-refractivity contribution in [3.8, 4) is 28.6 Å². The number of hydrogen-bond donors (Lipinski definition) is 1. The number of imidazole rings is 2. The van der Waals surface area contributed by atoms with Gasteiger partial charge in [-0.25, -0.2) is 4.98 Å². The molecule has 0 saturated heterocycles. The monoisotopic (exact) mass is 744 g/mol. The molecule has 264 valence electrons. The minimum Gasteiger partial charge on any atom is -0.352 e. The largest absolute Gasteiger partial charge is 0.352 e. The third-order valence-corrected chi connectivity index (χ3v) is 13.1. The fraction of sp³-hybridized carbons (Fsp3) is 0. The van der Waals surface area contributed by atoms with E-state index in [2.05, 4.69) is 176 Å². The van der Waals surface area contributed by atoms with Crippen molar-refractivity contribution in [1.29, 1.82) is 5.26 Å². The van der Waals surface area contributed by atoms with Crippen LogP contribution in [0.3, 0.4) is 0 Å². The van der Waals surface area contributed by atoms with E-state index in [0.29, 0.717) is 5.56 Å². The molecule has 0 unspecified atom stereocenters. The first kappa shape index (κ1) is 30.6. The molecule has 13 rings (SSSR count). The van der Waals surface area contributed by atoms with Crippen molar-refractivity contribution >= 4 is 103 Å². The third-order valence-electron chi connectivity index (χ3n) is 11.8. The molecule has 5 heterocycles. The van der Waals surface area contributed by atoms with Crippen LogP contribution in [-0.2, 0) is 0 Å². The van der Waals surface area contributed by atoms with Gasteiger partial charge in [0.15, 0.2) is 0 Å². The number of para-hydroxylation sites is 5. The van der Waals surface area contributed by atoms with Gasteiger partial charge < -0.3 is 9.55 Å². The quantitative estimate of drug-likeness (QED) is 0.196. The van der Waals surface area contributed by atoms with E-state index in [4.69, 9.17) is 4.98 Å². The van der Waals surface area contributed by atoms with Gasteiger partial charge in [0.2, 0.25) is 5.78 Å². The van der Waals surface area contributed by atoms with Crippen molar-refractivity contribution in [1.82, 2.24) is 23.5 Å². The lowest BCUT2D eigenvalue weighted by molar-refractivity contribution is 1.11. The lowest BCUT2D eigenvalue weighted by atomic mass is 9.96. The number of rotatable bonds is 3. The van der Waals surface area contributed by atoms with Crippen LogP contribution in [0.4, 0.5) is 0 Å². The third kappa shape index (κ3) is 3.99. The van der Waals surface area contributed by atoms with Gasteiger partial charge in [0.25, 0.3) is 0 Å². The Morgan fingerprint density at radius 1 is 0.526 bits per heavy atom. The van der Waals surface area contributed by atoms with Crippen LogP contribution in [0.1, 0.15) is 5.56 Å². The molecule has 0 fully saturated rings. The minimum atomic E-state index is 0.630. The van der Waals surface area contributed by atoms with E-state index in [0.717, 1.165) is 83.2 Å². The Labute approximate surface area is 328 Å². The molecule has 13 aromatic rings. The zero-order valence-corrected chi connectivity index (χ0v) is 31.0. The maximum absolute atomic E-state index is 11.1. The number of nitriles is 1. The summed E-state index contributed by atoms with van der Waals surface area (Å²) < 4.78 is 9.37. The second-order valence-corrected chi connectivity index (χ2v) is 15.8. The second-order valence-electron chi connectivity index (χ2n) is 14.7. The van der Waals surface area contributed by atoms with E-state index in [1.54, 1.807) is 0 Å². The molecule has 5 aromatic heterocycles. The molecule has 0 aliphatic rings. The summed E-state index contributed by atoms with van der Waals surface area (Å²) in [6.45, 7) is 0. The molecule has 0 atom stereocenters. The predicted octanol–water partition coefficient (Wildman–Crippen LogP) is 13.1. The Hall–Kier alpha value is -7.66. The van der Waals surface area contributed by atoms with Crippen molar-refractivity contribution in [3.05, 3.63) is 169 Å². The average Bonchev–Trinajstić information content (AvgIpc) is 4.07. The summed E-state index contributed by atoms with van der Waals surface area (Å²) >= 11 is 1.84. The maximum Gasteiger partial charge on any atom is 0.220 e. The molecule has 0 bridgehead atoms. The van der Waals surface area contributed by atoms with Gasteiger partial charge in [-0.3, -0.25) is 8.97 Å². The smallest absolute Gasteiger partial charge is 0.220 e. The van der Waals surface area contributed by atoms with Crippen LogP contribution in [-0.4, -0.2) is 23.5 Å². The number of aromatic nitrogens is 5. The van der Waals surface area contributed by atoms with E-state index < -0.39 is 0 Å². The Morgan fingerprint density at radius 3 is 2.12 bits per heavy atom. The van der Waals surface area contributed by atoms with Crippen LogP contribution < -0.4 is 0 Å². The number of thiophene rings is 1. The first-order chi connectivity index (χ1) is 28.3. The van der Waals surface area contributed by atoms with Gasteiger partial charge in [-0.2, -0.15) is 5.26 Å². The van der Waals surface area contributed by atoms with Gasteiger partial charge in [0.1, 0.15) is 6.07 Å². The number of nitrogens with one attached hydrogen (secondary N) is 1. The highest BCUT2D eigenvalue weighted by atomic mass is 32.1. The number of aromatic amines is 1. The topological polar surface area (TPSA) is 66.7 Å². The Morgan fingerprint density at radius 2 is 1.23 bits per heavy atom. The predicted molar refractivity (Wildman–Crippen MR) is 236 cm³/mol. The van der Waals surface area contributed by atoms with Crippen molar-refractivity contribution in [2.75, 3.05) is 0 Å². The van der Waals surface area contributed by atoms with E-state index in [1.807, 2.05) is 23.5 Å². The summed E-state index contributed by atoms with van der Waals surface area (Å²) in [5.41, 5.74) is 12.7. The number of fused-ring (bicyclic) bond motifs is 16. The van der Waals surface area contributed by atoms with Crippen LogP contribution in [0.25, 0.3) is 114 Å². The molecule has 7 heteroatoms. The van der Waals surface area contributed by atoms with Crippen molar-refractivity contribution in [2.24, 2.45) is 0 Å². The summed E-state index contributed by atoms with van der Waals surface area (Å²) in [6, 6.07) is 60.3. The molecule has 0 saturated carbocycles. The normalized spacial score (nSPS) is 12.2. The standard InChI is InChI=1S/C50H28N6S/c51-28-37-30(16-11-22-40(37)55-39-20-7-4-15-36(39)45-42(55)26-25-35-31-14-5-9-23-44(31)57-49(35)45)32-17-10-18-33-34-24-27-43-48(47(34)53-46(32)33)54(29-12-2-1-3-13-29)50-52-38-19-6-8-21-41(38)56(43)50/h1-27,53H. The van der Waals surface area contributed by atoms with E-state index >= 15 is 0 Å². The number of hydrogen-bond acceptors (Lipinski definition) is 3. The molecular formula is C50H28N6S. The summed E-state index contributed by atoms with van der Waals surface area (Å²) in [6.07, 6.45) is 0. The van der Waals surface area contributed by atoms with Crippen LogP contribution in [0.5, 0.6) is 0 Å². The highest BCUT2D eigenvalue weighted by Gasteiger charge is 2.24. The zero-order chi connectivity index (χ0) is 37.4. The Kier molecular flexibility index (Phi) is 6.02. The Balaban J connectivity index is 1.09. The van der Waals surface area contributed by atoms with Gasteiger partial charge in [-0.15, -0.1) is 11.3 Å². The summed E-state index contributed by atoms with van der Waals surface area (Å²) in [5, 5.41) is 18.3. The van der Waals surface area contributed by atoms with Crippen molar-refractivity contribution in [3.63, 3.8) is 0 Å². The summed E-state index contributed by atoms with van der Waals surface area (Å²) in [7, 11) is 0. The average molecular weight is 745 g/mol. The van der Waals surface area contributed by atoms with Crippen LogP contribution >= 0.6 is 11.3 Å². The fourth-order valence-corrected chi connectivity index (χ4v) is 10.7. The van der Waals surface area contributed by atoms with Gasteiger partial charge >= 0.3 is 0 Å². The summed E-state index contributed by atoms with van der Waals surface area (Å²) in [4.78, 5) is 9.07. The molecule has 57 heavy (non-hydrogen) atoms. The molecule has 0 spiro atoms. The fourth-order valence-electron chi connectivity index (χ4n) is 9.48. The van der Waals surface area contributed by atoms with Crippen LogP contribution in [0.2, 0.25) is 0 Å². The number of nitrogens with zero attached hydrogens (tertiary/aromatic N) is 5. The molecular weight excluding hydrogens is 717 g/mol. The van der Waals surface area contributed by atoms with Gasteiger partial charge in [-0.05, 0) is 60.7 Å². The van der Waals surface area contributed by atoms with Crippen molar-refractivity contribution < 1.29 is 0 Å². The molecule has 1 N–H and O–H groups in total. The SMILES string of the molecule is N#Cc1c(-c2cccc3c2[nH]c2c3ccc3c2n(-c2ccccc2)c2nc4ccccc4n32)cccc1-n1c2ccccc2c2c3sc4ccccc4c3ccc21. The Bertz CT molecular complexity index is 3880. The lowest BCUT2D eigenvalue weighted by Gasteiger charge is -2.14. The zero-order valence-electron chi connectivity index (χ0n) is 30.2. The number of benzene rings is 8. The maximum atomic E-state index is 11.1. The molecule has 6 nitrogen and oxygen atoms in total. The van der Waals surface area contributed by atoms with Crippen molar-refractivity contribution in [2.45, 2.75) is 0 Å². The van der Waals surface area contributed by atoms with E-state index in [1.165, 1.54) is 30.9 Å². The van der Waals surface area contributed by atoms with Gasteiger partial charge in [0.05, 0.1) is 55.4 Å². The first-order valence-electron chi connectivity index (χ1n) is 19.0. The molecule has 8 aromatic carbocycles. The molecule has 0 aliphatic carbocycles. The molecule has 0 amide bonds. The molecule has 0 radical (unpaired) electrons. The second kappa shape index (κ2) is 11.2. The van der Waals surface area contributed by atoms with E-state index in [-0.39, 0.29) is 0 Å². The number of H-pyrrole nitrogens is 1. The van der Waals surface area contributed by atoms with Gasteiger partial charge in [-0.1, -0.05) is 103 Å². The first-order valence-corrected chi connectivity index (χ1v) is 19.9. The van der Waals surface area contributed by atoms with Gasteiger partial charge in [0, 0.05) is 58.5 Å². The molecule has 0 aliphatic heterocycles. The van der Waals surface area contributed by atoms with Crippen LogP contribution in [0, 0.1) is 11.3 Å².